The van der Waals surface area contributed by atoms with E-state index in [-0.39, 0.29) is 17.9 Å². The number of likely N-dealkylation sites (tertiary alicyclic amines) is 1. The monoisotopic (exact) mass is 388 g/mol. The van der Waals surface area contributed by atoms with Gasteiger partial charge in [0, 0.05) is 26.2 Å². The molecule has 156 valence electrons. The van der Waals surface area contributed by atoms with E-state index in [9.17, 15) is 4.79 Å². The maximum atomic E-state index is 12.5. The quantitative estimate of drug-likeness (QED) is 0.750. The molecule has 1 aromatic rings. The van der Waals surface area contributed by atoms with E-state index in [4.69, 9.17) is 9.47 Å². The summed E-state index contributed by atoms with van der Waals surface area (Å²) in [6, 6.07) is 8.09. The van der Waals surface area contributed by atoms with Crippen molar-refractivity contribution in [1.82, 2.24) is 9.80 Å². The molecular formula is C23H36N2O3. The molecule has 3 rings (SSSR count). The van der Waals surface area contributed by atoms with Crippen molar-refractivity contribution in [2.45, 2.75) is 45.4 Å². The van der Waals surface area contributed by atoms with Gasteiger partial charge in [-0.05, 0) is 54.8 Å². The predicted molar refractivity (Wildman–Crippen MR) is 112 cm³/mol. The minimum atomic E-state index is 0.103. The van der Waals surface area contributed by atoms with Gasteiger partial charge in [-0.3, -0.25) is 9.69 Å². The molecule has 2 aliphatic rings. The first-order chi connectivity index (χ1) is 13.4. The second-order valence-electron chi connectivity index (χ2n) is 9.13. The van der Waals surface area contributed by atoms with E-state index < -0.39 is 0 Å². The van der Waals surface area contributed by atoms with Crippen LogP contribution < -0.4 is 4.74 Å². The van der Waals surface area contributed by atoms with Gasteiger partial charge in [0.25, 0.3) is 5.91 Å². The number of ether oxygens (including phenoxy) is 2. The van der Waals surface area contributed by atoms with Crippen molar-refractivity contribution in [1.29, 1.82) is 0 Å². The molecule has 2 heterocycles. The summed E-state index contributed by atoms with van der Waals surface area (Å²) >= 11 is 0. The standard InChI is InChI=1S/C23H36N2O3/c1-23(2,3)20-4-6-21(7-5-20)28-18-22(26)25-12-9-19(10-13-25)8-11-24-14-16-27-17-15-24/h4-7,19H,8-18H2,1-3H3. The van der Waals surface area contributed by atoms with E-state index in [1.54, 1.807) is 0 Å². The zero-order chi connectivity index (χ0) is 20.0. The third-order valence-electron chi connectivity index (χ3n) is 6.01. The molecule has 0 unspecified atom stereocenters. The van der Waals surface area contributed by atoms with E-state index in [1.165, 1.54) is 12.0 Å². The summed E-state index contributed by atoms with van der Waals surface area (Å²) in [6.45, 7) is 13.4. The first-order valence-electron chi connectivity index (χ1n) is 10.7. The van der Waals surface area contributed by atoms with Crippen LogP contribution in [0.25, 0.3) is 0 Å². The summed E-state index contributed by atoms with van der Waals surface area (Å²) in [7, 11) is 0. The summed E-state index contributed by atoms with van der Waals surface area (Å²) in [5.41, 5.74) is 1.39. The van der Waals surface area contributed by atoms with Crippen molar-refractivity contribution < 1.29 is 14.3 Å². The van der Waals surface area contributed by atoms with E-state index in [0.29, 0.717) is 0 Å². The highest BCUT2D eigenvalue weighted by atomic mass is 16.5. The Kier molecular flexibility index (Phi) is 7.36. The van der Waals surface area contributed by atoms with Gasteiger partial charge in [0.05, 0.1) is 13.2 Å². The zero-order valence-electron chi connectivity index (χ0n) is 17.8. The number of nitrogens with zero attached hydrogens (tertiary/aromatic N) is 2. The maximum Gasteiger partial charge on any atom is 0.260 e. The molecule has 0 radical (unpaired) electrons. The van der Waals surface area contributed by atoms with Gasteiger partial charge < -0.3 is 14.4 Å². The molecule has 0 bridgehead atoms. The lowest BCUT2D eigenvalue weighted by atomic mass is 9.87. The predicted octanol–water partition coefficient (Wildman–Crippen LogP) is 3.32. The molecule has 0 aliphatic carbocycles. The number of rotatable bonds is 6. The van der Waals surface area contributed by atoms with Gasteiger partial charge in [-0.25, -0.2) is 0 Å². The molecule has 2 fully saturated rings. The second kappa shape index (κ2) is 9.75. The minimum absolute atomic E-state index is 0.103. The Labute approximate surface area is 170 Å². The Morgan fingerprint density at radius 3 is 2.32 bits per heavy atom. The lowest BCUT2D eigenvalue weighted by Crippen LogP contribution is -2.42. The van der Waals surface area contributed by atoms with Crippen molar-refractivity contribution in [3.8, 4) is 5.75 Å². The lowest BCUT2D eigenvalue weighted by Gasteiger charge is -2.34. The van der Waals surface area contributed by atoms with Gasteiger partial charge in [0.2, 0.25) is 0 Å². The molecule has 2 saturated heterocycles. The number of carbonyl (C=O) groups excluding carboxylic acids is 1. The number of piperidine rings is 1. The van der Waals surface area contributed by atoms with Crippen LogP contribution in [0, 0.1) is 5.92 Å². The van der Waals surface area contributed by atoms with Crippen LogP contribution in [-0.4, -0.2) is 68.3 Å². The van der Waals surface area contributed by atoms with Crippen LogP contribution in [0.3, 0.4) is 0 Å². The molecule has 0 saturated carbocycles. The molecule has 0 atom stereocenters. The second-order valence-corrected chi connectivity index (χ2v) is 9.13. The molecule has 0 aromatic heterocycles. The molecular weight excluding hydrogens is 352 g/mol. The molecule has 0 spiro atoms. The van der Waals surface area contributed by atoms with Crippen LogP contribution in [-0.2, 0) is 14.9 Å². The normalized spacial score (nSPS) is 19.6. The highest BCUT2D eigenvalue weighted by Gasteiger charge is 2.24. The van der Waals surface area contributed by atoms with Crippen molar-refractivity contribution in [2.75, 3.05) is 52.5 Å². The van der Waals surface area contributed by atoms with Gasteiger partial charge in [0.1, 0.15) is 5.75 Å². The third-order valence-corrected chi connectivity index (χ3v) is 6.01. The Hall–Kier alpha value is -1.59. The summed E-state index contributed by atoms with van der Waals surface area (Å²) in [5, 5.41) is 0. The fourth-order valence-corrected chi connectivity index (χ4v) is 3.95. The number of amides is 1. The summed E-state index contributed by atoms with van der Waals surface area (Å²) in [6.07, 6.45) is 3.45. The topological polar surface area (TPSA) is 42.0 Å². The lowest BCUT2D eigenvalue weighted by molar-refractivity contribution is -0.134. The molecule has 2 aliphatic heterocycles. The summed E-state index contributed by atoms with van der Waals surface area (Å²) in [5.74, 6) is 1.60. The fraction of sp³-hybridized carbons (Fsp3) is 0.696. The number of hydrogen-bond acceptors (Lipinski definition) is 4. The molecule has 5 nitrogen and oxygen atoms in total. The molecule has 1 aromatic carbocycles. The van der Waals surface area contributed by atoms with Crippen LogP contribution in [0.4, 0.5) is 0 Å². The van der Waals surface area contributed by atoms with Crippen molar-refractivity contribution in [2.24, 2.45) is 5.92 Å². The SMILES string of the molecule is CC(C)(C)c1ccc(OCC(=O)N2CCC(CCN3CCOCC3)CC2)cc1. The molecule has 5 heteroatoms. The van der Waals surface area contributed by atoms with Crippen molar-refractivity contribution in [3.05, 3.63) is 29.8 Å². The maximum absolute atomic E-state index is 12.5. The first kappa shape index (κ1) is 21.1. The van der Waals surface area contributed by atoms with Gasteiger partial charge in [-0.2, -0.15) is 0 Å². The molecule has 28 heavy (non-hydrogen) atoms. The zero-order valence-corrected chi connectivity index (χ0v) is 17.8. The smallest absolute Gasteiger partial charge is 0.260 e. The highest BCUT2D eigenvalue weighted by molar-refractivity contribution is 5.77. The van der Waals surface area contributed by atoms with Gasteiger partial charge >= 0.3 is 0 Å². The minimum Gasteiger partial charge on any atom is -0.484 e. The van der Waals surface area contributed by atoms with E-state index in [2.05, 4.69) is 37.8 Å². The van der Waals surface area contributed by atoms with Crippen molar-refractivity contribution in [3.63, 3.8) is 0 Å². The van der Waals surface area contributed by atoms with Crippen LogP contribution in [0.2, 0.25) is 0 Å². The third kappa shape index (κ3) is 6.21. The average Bonchev–Trinajstić information content (AvgIpc) is 2.71. The molecule has 0 N–H and O–H groups in total. The highest BCUT2D eigenvalue weighted by Crippen LogP contribution is 2.25. The van der Waals surface area contributed by atoms with E-state index >= 15 is 0 Å². The van der Waals surface area contributed by atoms with Crippen LogP contribution in [0.5, 0.6) is 5.75 Å². The van der Waals surface area contributed by atoms with Gasteiger partial charge in [0.15, 0.2) is 6.61 Å². The largest absolute Gasteiger partial charge is 0.484 e. The Bertz CT molecular complexity index is 610. The summed E-state index contributed by atoms with van der Waals surface area (Å²) < 4.78 is 11.1. The Balaban J connectivity index is 1.35. The van der Waals surface area contributed by atoms with Crippen LogP contribution in [0.1, 0.15) is 45.6 Å². The Morgan fingerprint density at radius 2 is 1.71 bits per heavy atom. The van der Waals surface area contributed by atoms with Crippen molar-refractivity contribution >= 4 is 5.91 Å². The van der Waals surface area contributed by atoms with E-state index in [1.807, 2.05) is 17.0 Å². The van der Waals surface area contributed by atoms with Gasteiger partial charge in [-0.15, -0.1) is 0 Å². The summed E-state index contributed by atoms with van der Waals surface area (Å²) in [4.78, 5) is 17.0. The number of morpholine rings is 1. The first-order valence-corrected chi connectivity index (χ1v) is 10.7. The van der Waals surface area contributed by atoms with E-state index in [0.717, 1.165) is 70.4 Å². The number of hydrogen-bond donors (Lipinski definition) is 0. The van der Waals surface area contributed by atoms with Gasteiger partial charge in [-0.1, -0.05) is 32.9 Å². The van der Waals surface area contributed by atoms with Crippen LogP contribution in [0.15, 0.2) is 24.3 Å². The number of carbonyl (C=O) groups is 1. The average molecular weight is 389 g/mol. The fourth-order valence-electron chi connectivity index (χ4n) is 3.95. The Morgan fingerprint density at radius 1 is 1.07 bits per heavy atom. The van der Waals surface area contributed by atoms with Crippen LogP contribution >= 0.6 is 0 Å². The number of benzene rings is 1. The molecule has 1 amide bonds.